The fourth-order valence-corrected chi connectivity index (χ4v) is 4.53. The van der Waals surface area contributed by atoms with E-state index in [0.717, 1.165) is 11.3 Å². The van der Waals surface area contributed by atoms with Crippen molar-refractivity contribution in [2.24, 2.45) is 0 Å². The molecule has 1 atom stereocenters. The van der Waals surface area contributed by atoms with Crippen LogP contribution in [0.15, 0.2) is 60.7 Å². The number of carbonyl (C=O) groups excluding carboxylic acids is 3. The highest BCUT2D eigenvalue weighted by atomic mass is 35.6. The van der Waals surface area contributed by atoms with E-state index in [4.69, 9.17) is 39.5 Å². The van der Waals surface area contributed by atoms with Gasteiger partial charge < -0.3 is 20.7 Å². The Morgan fingerprint density at radius 3 is 1.97 bits per heavy atom. The molecule has 0 spiro atoms. The molecular formula is C24H22Cl3N3O4S. The molecule has 0 saturated carbocycles. The van der Waals surface area contributed by atoms with Gasteiger partial charge in [-0.25, -0.2) is 4.79 Å². The Hall–Kier alpha value is -2.78. The number of hydrogen-bond acceptors (Lipinski definition) is 6. The van der Waals surface area contributed by atoms with Crippen LogP contribution in [-0.4, -0.2) is 34.3 Å². The molecule has 0 saturated heterocycles. The highest BCUT2D eigenvalue weighted by Gasteiger charge is 2.36. The summed E-state index contributed by atoms with van der Waals surface area (Å²) in [6.45, 7) is 3.48. The molecule has 35 heavy (non-hydrogen) atoms. The number of hydrogen-bond donors (Lipinski definition) is 3. The van der Waals surface area contributed by atoms with E-state index in [0.29, 0.717) is 21.7 Å². The second-order valence-corrected chi connectivity index (χ2v) is 10.6. The minimum Gasteiger partial charge on any atom is -0.462 e. The van der Waals surface area contributed by atoms with Gasteiger partial charge in [-0.15, -0.1) is 0 Å². The molecule has 3 rings (SSSR count). The van der Waals surface area contributed by atoms with Crippen LogP contribution in [0.2, 0.25) is 0 Å². The van der Waals surface area contributed by atoms with Crippen molar-refractivity contribution < 1.29 is 19.1 Å². The van der Waals surface area contributed by atoms with Crippen LogP contribution in [0.1, 0.15) is 43.6 Å². The maximum Gasteiger partial charge on any atom is 0.341 e. The fraction of sp³-hybridized carbons (Fsp3) is 0.208. The van der Waals surface area contributed by atoms with E-state index < -0.39 is 21.8 Å². The summed E-state index contributed by atoms with van der Waals surface area (Å²) < 4.78 is 3.21. The van der Waals surface area contributed by atoms with E-state index in [1.807, 2.05) is 0 Å². The normalized spacial score (nSPS) is 11.9. The molecule has 184 valence electrons. The third kappa shape index (κ3) is 6.89. The van der Waals surface area contributed by atoms with Gasteiger partial charge in [-0.2, -0.15) is 0 Å². The molecule has 0 aliphatic rings. The SMILES string of the molecule is CCOC(=O)c1c(N[C@@H](NC(=O)c2ccccc2)C(Cl)(Cl)Cl)sc(NC(=O)c2ccccc2)c1C. The predicted octanol–water partition coefficient (Wildman–Crippen LogP) is 6.02. The maximum absolute atomic E-state index is 12.8. The monoisotopic (exact) mass is 553 g/mol. The van der Waals surface area contributed by atoms with Crippen LogP contribution < -0.4 is 16.0 Å². The summed E-state index contributed by atoms with van der Waals surface area (Å²) in [5.74, 6) is -1.47. The van der Waals surface area contributed by atoms with Crippen LogP contribution >= 0.6 is 46.1 Å². The third-order valence-corrected chi connectivity index (χ3v) is 6.60. The molecule has 0 fully saturated rings. The number of benzene rings is 2. The molecule has 11 heteroatoms. The van der Waals surface area contributed by atoms with Crippen molar-refractivity contribution >= 4 is 73.9 Å². The number of thiophene rings is 1. The van der Waals surface area contributed by atoms with Crippen molar-refractivity contribution in [2.45, 2.75) is 23.8 Å². The third-order valence-electron chi connectivity index (χ3n) is 4.80. The molecule has 0 radical (unpaired) electrons. The van der Waals surface area contributed by atoms with Gasteiger partial charge in [0.2, 0.25) is 3.79 Å². The Balaban J connectivity index is 1.94. The number of halogens is 3. The molecule has 0 aliphatic carbocycles. The number of rotatable bonds is 8. The quantitative estimate of drug-likeness (QED) is 0.180. The number of alkyl halides is 3. The lowest BCUT2D eigenvalue weighted by Crippen LogP contribution is -2.49. The summed E-state index contributed by atoms with van der Waals surface area (Å²) in [6, 6.07) is 17.0. The largest absolute Gasteiger partial charge is 0.462 e. The number of ether oxygens (including phenoxy) is 1. The molecule has 3 N–H and O–H groups in total. The summed E-state index contributed by atoms with van der Waals surface area (Å²) >= 11 is 19.5. The van der Waals surface area contributed by atoms with E-state index in [2.05, 4.69) is 16.0 Å². The average Bonchev–Trinajstić information content (AvgIpc) is 3.13. The van der Waals surface area contributed by atoms with Crippen molar-refractivity contribution in [3.05, 3.63) is 82.9 Å². The van der Waals surface area contributed by atoms with E-state index in [1.54, 1.807) is 74.5 Å². The first-order valence-corrected chi connectivity index (χ1v) is 12.4. The summed E-state index contributed by atoms with van der Waals surface area (Å²) in [6.07, 6.45) is -1.22. The first-order valence-electron chi connectivity index (χ1n) is 10.5. The summed E-state index contributed by atoms with van der Waals surface area (Å²) in [7, 11) is 0. The van der Waals surface area contributed by atoms with Gasteiger partial charge in [-0.3, -0.25) is 9.59 Å². The van der Waals surface area contributed by atoms with Crippen LogP contribution in [0.4, 0.5) is 10.0 Å². The highest BCUT2D eigenvalue weighted by molar-refractivity contribution is 7.20. The second kappa shape index (κ2) is 11.8. The summed E-state index contributed by atoms with van der Waals surface area (Å²) in [5.41, 5.74) is 1.44. The zero-order chi connectivity index (χ0) is 25.6. The van der Waals surface area contributed by atoms with Crippen LogP contribution in [0.25, 0.3) is 0 Å². The van der Waals surface area contributed by atoms with Gasteiger partial charge in [0.15, 0.2) is 0 Å². The number of esters is 1. The smallest absolute Gasteiger partial charge is 0.341 e. The topological polar surface area (TPSA) is 96.5 Å². The fourth-order valence-electron chi connectivity index (χ4n) is 3.08. The Morgan fingerprint density at radius 1 is 0.914 bits per heavy atom. The molecule has 3 aromatic rings. The van der Waals surface area contributed by atoms with Crippen LogP contribution in [0.5, 0.6) is 0 Å². The number of carbonyl (C=O) groups is 3. The number of amides is 2. The number of anilines is 2. The lowest BCUT2D eigenvalue weighted by Gasteiger charge is -2.27. The standard InChI is InChI=1S/C24H22Cl3N3O4S/c1-3-34-22(33)17-14(2)20(28-18(31)15-10-6-4-7-11-15)35-21(17)30-23(24(25,26)27)29-19(32)16-12-8-5-9-13-16/h4-13,23,30H,3H2,1-2H3,(H,28,31)(H,29,32)/t23-/m1/s1. The van der Waals surface area contributed by atoms with Gasteiger partial charge in [-0.1, -0.05) is 82.5 Å². The molecule has 7 nitrogen and oxygen atoms in total. The van der Waals surface area contributed by atoms with Crippen LogP contribution in [-0.2, 0) is 4.74 Å². The molecule has 2 aromatic carbocycles. The first-order chi connectivity index (χ1) is 16.6. The van der Waals surface area contributed by atoms with Crippen molar-refractivity contribution in [1.29, 1.82) is 0 Å². The van der Waals surface area contributed by atoms with Gasteiger partial charge >= 0.3 is 5.97 Å². The molecular weight excluding hydrogens is 533 g/mol. The van der Waals surface area contributed by atoms with E-state index in [-0.39, 0.29) is 23.1 Å². The van der Waals surface area contributed by atoms with Gasteiger partial charge in [0.05, 0.1) is 12.2 Å². The average molecular weight is 555 g/mol. The Kier molecular flexibility index (Phi) is 9.02. The lowest BCUT2D eigenvalue weighted by molar-refractivity contribution is 0.0527. The molecule has 0 bridgehead atoms. The van der Waals surface area contributed by atoms with Crippen LogP contribution in [0.3, 0.4) is 0 Å². The van der Waals surface area contributed by atoms with Crippen LogP contribution in [0, 0.1) is 6.92 Å². The van der Waals surface area contributed by atoms with Gasteiger partial charge in [0.1, 0.15) is 16.2 Å². The lowest BCUT2D eigenvalue weighted by atomic mass is 10.1. The zero-order valence-corrected chi connectivity index (χ0v) is 21.8. The van der Waals surface area contributed by atoms with E-state index in [1.165, 1.54) is 0 Å². The Labute approximate surface area is 221 Å². The first kappa shape index (κ1) is 26.8. The van der Waals surface area contributed by atoms with Crippen molar-refractivity contribution in [3.63, 3.8) is 0 Å². The van der Waals surface area contributed by atoms with Crippen molar-refractivity contribution in [1.82, 2.24) is 5.32 Å². The molecule has 2 amide bonds. The molecule has 0 aliphatic heterocycles. The minimum atomic E-state index is -1.98. The molecule has 0 unspecified atom stereocenters. The molecule has 1 heterocycles. The number of nitrogens with one attached hydrogen (secondary N) is 3. The Bertz CT molecular complexity index is 1200. The second-order valence-electron chi connectivity index (χ2n) is 7.26. The Morgan fingerprint density at radius 2 is 1.46 bits per heavy atom. The van der Waals surface area contributed by atoms with Gasteiger partial charge in [0, 0.05) is 16.7 Å². The maximum atomic E-state index is 12.8. The van der Waals surface area contributed by atoms with Gasteiger partial charge in [0.25, 0.3) is 11.8 Å². The predicted molar refractivity (Wildman–Crippen MR) is 141 cm³/mol. The highest BCUT2D eigenvalue weighted by Crippen LogP contribution is 2.40. The molecule has 1 aromatic heterocycles. The van der Waals surface area contributed by atoms with Crippen molar-refractivity contribution in [2.75, 3.05) is 17.2 Å². The van der Waals surface area contributed by atoms with Crippen molar-refractivity contribution in [3.8, 4) is 0 Å². The van der Waals surface area contributed by atoms with E-state index >= 15 is 0 Å². The minimum absolute atomic E-state index is 0.137. The zero-order valence-electron chi connectivity index (χ0n) is 18.7. The summed E-state index contributed by atoms with van der Waals surface area (Å²) in [5, 5.41) is 9.05. The summed E-state index contributed by atoms with van der Waals surface area (Å²) in [4.78, 5) is 38.2. The van der Waals surface area contributed by atoms with Gasteiger partial charge in [-0.05, 0) is 38.1 Å². The van der Waals surface area contributed by atoms with E-state index in [9.17, 15) is 14.4 Å².